The van der Waals surface area contributed by atoms with Gasteiger partial charge < -0.3 is 0 Å². The molecule has 0 heterocycles. The first kappa shape index (κ1) is 13.4. The highest BCUT2D eigenvalue weighted by atomic mass is 14.1. The lowest BCUT2D eigenvalue weighted by Gasteiger charge is -2.06. The lowest BCUT2D eigenvalue weighted by atomic mass is 9.99. The Morgan fingerprint density at radius 2 is 1.84 bits per heavy atom. The minimum absolute atomic E-state index is 0.946. The summed E-state index contributed by atoms with van der Waals surface area (Å²) in [6, 6.07) is 8.49. The van der Waals surface area contributed by atoms with Gasteiger partial charge in [0.2, 0.25) is 0 Å². The predicted molar refractivity (Wildman–Crippen MR) is 85.8 cm³/mol. The Morgan fingerprint density at radius 1 is 1.11 bits per heavy atom. The Hall–Kier alpha value is -2.08. The van der Waals surface area contributed by atoms with Gasteiger partial charge in [0.1, 0.15) is 0 Å². The van der Waals surface area contributed by atoms with Crippen LogP contribution in [0.15, 0.2) is 71.9 Å². The summed E-state index contributed by atoms with van der Waals surface area (Å²) in [5.41, 5.74) is 6.40. The minimum Gasteiger partial charge on any atom is -0.0988 e. The fourth-order valence-electron chi connectivity index (χ4n) is 2.33. The van der Waals surface area contributed by atoms with Gasteiger partial charge in [-0.3, -0.25) is 0 Å². The maximum atomic E-state index is 3.95. The van der Waals surface area contributed by atoms with Gasteiger partial charge in [-0.2, -0.15) is 0 Å². The van der Waals surface area contributed by atoms with Gasteiger partial charge in [0.25, 0.3) is 0 Å². The van der Waals surface area contributed by atoms with Crippen molar-refractivity contribution in [2.75, 3.05) is 0 Å². The van der Waals surface area contributed by atoms with E-state index in [2.05, 4.69) is 68.1 Å². The summed E-state index contributed by atoms with van der Waals surface area (Å²) in [4.78, 5) is 0. The molecule has 0 fully saturated rings. The fraction of sp³-hybridized carbons (Fsp3) is 0.158. The van der Waals surface area contributed by atoms with Crippen LogP contribution >= 0.6 is 0 Å². The second kappa shape index (κ2) is 6.19. The molecule has 96 valence electrons. The molecule has 19 heavy (non-hydrogen) atoms. The monoisotopic (exact) mass is 248 g/mol. The maximum Gasteiger partial charge on any atom is -0.00608 e. The molecule has 0 aliphatic heterocycles. The summed E-state index contributed by atoms with van der Waals surface area (Å²) in [5.74, 6) is 0. The molecule has 0 bridgehead atoms. The van der Waals surface area contributed by atoms with Crippen molar-refractivity contribution in [3.05, 3.63) is 83.0 Å². The van der Waals surface area contributed by atoms with Crippen molar-refractivity contribution in [1.29, 1.82) is 0 Å². The molecular weight excluding hydrogens is 228 g/mol. The van der Waals surface area contributed by atoms with Gasteiger partial charge in [0, 0.05) is 0 Å². The van der Waals surface area contributed by atoms with Crippen molar-refractivity contribution in [2.45, 2.75) is 20.3 Å². The summed E-state index contributed by atoms with van der Waals surface area (Å²) < 4.78 is 0. The summed E-state index contributed by atoms with van der Waals surface area (Å²) in [6.07, 6.45) is 13.8. The van der Waals surface area contributed by atoms with Crippen molar-refractivity contribution in [3.63, 3.8) is 0 Å². The van der Waals surface area contributed by atoms with E-state index in [-0.39, 0.29) is 0 Å². The van der Waals surface area contributed by atoms with E-state index in [4.69, 9.17) is 0 Å². The van der Waals surface area contributed by atoms with E-state index in [1.807, 2.05) is 13.0 Å². The number of rotatable bonds is 2. The van der Waals surface area contributed by atoms with Crippen LogP contribution in [0.3, 0.4) is 0 Å². The second-order valence-electron chi connectivity index (χ2n) is 4.81. The molecule has 0 atom stereocenters. The third-order valence-electron chi connectivity index (χ3n) is 3.27. The molecule has 0 saturated carbocycles. The zero-order valence-electron chi connectivity index (χ0n) is 11.7. The van der Waals surface area contributed by atoms with Crippen LogP contribution in [0.2, 0.25) is 0 Å². The average molecular weight is 248 g/mol. The van der Waals surface area contributed by atoms with Crippen LogP contribution in [0.4, 0.5) is 0 Å². The van der Waals surface area contributed by atoms with Gasteiger partial charge in [-0.25, -0.2) is 0 Å². The molecule has 1 aliphatic carbocycles. The largest absolute Gasteiger partial charge is 0.0988 e. The first-order chi connectivity index (χ1) is 9.24. The molecule has 0 aromatic heterocycles. The Morgan fingerprint density at radius 3 is 2.53 bits per heavy atom. The van der Waals surface area contributed by atoms with E-state index in [1.165, 1.54) is 27.8 Å². The molecule has 1 aromatic carbocycles. The topological polar surface area (TPSA) is 0 Å². The first-order valence-corrected chi connectivity index (χ1v) is 6.67. The first-order valence-electron chi connectivity index (χ1n) is 6.67. The minimum atomic E-state index is 0.946. The van der Waals surface area contributed by atoms with Crippen LogP contribution < -0.4 is 0 Å². The third kappa shape index (κ3) is 3.23. The molecule has 0 saturated heterocycles. The Labute approximate surface area is 116 Å². The Kier molecular flexibility index (Phi) is 4.35. The van der Waals surface area contributed by atoms with Gasteiger partial charge in [-0.05, 0) is 42.5 Å². The lowest BCUT2D eigenvalue weighted by molar-refractivity contribution is 1.15. The molecule has 0 unspecified atom stereocenters. The molecule has 0 heteroatoms. The molecule has 0 spiro atoms. The van der Waals surface area contributed by atoms with E-state index in [1.54, 1.807) is 0 Å². The zero-order chi connectivity index (χ0) is 13.7. The lowest BCUT2D eigenvalue weighted by Crippen LogP contribution is -1.86. The van der Waals surface area contributed by atoms with Crippen LogP contribution in [-0.2, 0) is 0 Å². The highest BCUT2D eigenvalue weighted by molar-refractivity contribution is 5.69. The van der Waals surface area contributed by atoms with Crippen molar-refractivity contribution in [3.8, 4) is 0 Å². The highest BCUT2D eigenvalue weighted by Crippen LogP contribution is 2.25. The number of benzene rings is 1. The zero-order valence-corrected chi connectivity index (χ0v) is 11.7. The van der Waals surface area contributed by atoms with E-state index in [9.17, 15) is 0 Å². The van der Waals surface area contributed by atoms with Crippen LogP contribution in [0, 0.1) is 0 Å². The summed E-state index contributed by atoms with van der Waals surface area (Å²) >= 11 is 0. The van der Waals surface area contributed by atoms with Crippen LogP contribution in [-0.4, -0.2) is 0 Å². The molecule has 0 nitrogen and oxygen atoms in total. The molecule has 1 aliphatic rings. The predicted octanol–water partition coefficient (Wildman–Crippen LogP) is 5.57. The highest BCUT2D eigenvalue weighted by Gasteiger charge is 2.04. The molecule has 0 amide bonds. The Bertz CT molecular complexity index is 592. The van der Waals surface area contributed by atoms with E-state index >= 15 is 0 Å². The van der Waals surface area contributed by atoms with Crippen LogP contribution in [0.1, 0.15) is 31.4 Å². The standard InChI is InChI=1S/C19H20/c1-4-8-17-11-12-18-9-6-7-10-19(18)14-15(3)13-16(17)5-2/h4-12,14H,2,13H2,1,3H3/b8-4-,12-11-,15-14-,17-16-. The molecular formula is C19H20. The number of fused-ring (bicyclic) bond motifs is 1. The third-order valence-corrected chi connectivity index (χ3v) is 3.27. The smallest absolute Gasteiger partial charge is 0.00608 e. The number of allylic oxidation sites excluding steroid dienone is 7. The SMILES string of the molecule is C=C/C1=C(\C=C/C)/C=C\c2ccccc2/C=C(/C)C1. The summed E-state index contributed by atoms with van der Waals surface area (Å²) in [6.45, 7) is 8.18. The number of hydrogen-bond donors (Lipinski definition) is 0. The maximum absolute atomic E-state index is 3.95. The second-order valence-corrected chi connectivity index (χ2v) is 4.81. The van der Waals surface area contributed by atoms with Gasteiger partial charge in [-0.1, -0.05) is 72.9 Å². The van der Waals surface area contributed by atoms with Crippen molar-refractivity contribution in [2.24, 2.45) is 0 Å². The molecule has 1 aromatic rings. The van der Waals surface area contributed by atoms with Crippen molar-refractivity contribution < 1.29 is 0 Å². The van der Waals surface area contributed by atoms with Crippen LogP contribution in [0.5, 0.6) is 0 Å². The fourth-order valence-corrected chi connectivity index (χ4v) is 2.33. The van der Waals surface area contributed by atoms with E-state index in [0.29, 0.717) is 0 Å². The van der Waals surface area contributed by atoms with E-state index in [0.717, 1.165) is 6.42 Å². The summed E-state index contributed by atoms with van der Waals surface area (Å²) in [5, 5.41) is 0. The van der Waals surface area contributed by atoms with Gasteiger partial charge in [-0.15, -0.1) is 0 Å². The van der Waals surface area contributed by atoms with Gasteiger partial charge in [0.05, 0.1) is 0 Å². The quantitative estimate of drug-likeness (QED) is 0.642. The van der Waals surface area contributed by atoms with E-state index < -0.39 is 0 Å². The molecule has 0 radical (unpaired) electrons. The average Bonchev–Trinajstić information content (AvgIpc) is 2.48. The van der Waals surface area contributed by atoms with Gasteiger partial charge >= 0.3 is 0 Å². The van der Waals surface area contributed by atoms with Crippen LogP contribution in [0.25, 0.3) is 12.2 Å². The molecule has 0 N–H and O–H groups in total. The Balaban J connectivity index is 2.59. The normalized spacial score (nSPS) is 23.8. The summed E-state index contributed by atoms with van der Waals surface area (Å²) in [7, 11) is 0. The molecule has 2 rings (SSSR count). The van der Waals surface area contributed by atoms with Crippen molar-refractivity contribution in [1.82, 2.24) is 0 Å². The van der Waals surface area contributed by atoms with Crippen molar-refractivity contribution >= 4 is 12.2 Å². The van der Waals surface area contributed by atoms with Gasteiger partial charge in [0.15, 0.2) is 0 Å². The number of hydrogen-bond acceptors (Lipinski definition) is 0.